The Morgan fingerprint density at radius 3 is 2.48 bits per heavy atom. The summed E-state index contributed by atoms with van der Waals surface area (Å²) in [5.41, 5.74) is 0.807. The fourth-order valence-electron chi connectivity index (χ4n) is 3.70. The number of nitrogens with zero attached hydrogens (tertiary/aromatic N) is 2. The minimum Gasteiger partial charge on any atom is -0.340 e. The highest BCUT2D eigenvalue weighted by atomic mass is 16.2. The van der Waals surface area contributed by atoms with E-state index in [1.165, 1.54) is 0 Å². The molecule has 4 nitrogen and oxygen atoms in total. The summed E-state index contributed by atoms with van der Waals surface area (Å²) in [7, 11) is 0. The normalized spacial score (nSPS) is 20.7. The van der Waals surface area contributed by atoms with Gasteiger partial charge in [-0.25, -0.2) is 0 Å². The third-order valence-corrected chi connectivity index (χ3v) is 5.11. The van der Waals surface area contributed by atoms with E-state index in [0.29, 0.717) is 18.4 Å². The second-order valence-corrected chi connectivity index (χ2v) is 6.66. The Morgan fingerprint density at radius 2 is 1.78 bits per heavy atom. The maximum Gasteiger partial charge on any atom is 0.222 e. The fraction of sp³-hybridized carbons (Fsp3) is 0.579. The molecule has 0 bridgehead atoms. The molecule has 0 unspecified atom stereocenters. The number of ketones is 1. The zero-order valence-corrected chi connectivity index (χ0v) is 13.7. The molecule has 124 valence electrons. The SMILES string of the molecule is O=C(CCN1CCC(N2CCCCC2=O)CC1)c1ccccc1. The molecule has 2 heterocycles. The number of likely N-dealkylation sites (tertiary alicyclic amines) is 2. The number of hydrogen-bond acceptors (Lipinski definition) is 3. The van der Waals surface area contributed by atoms with E-state index in [1.54, 1.807) is 0 Å². The lowest BCUT2D eigenvalue weighted by Gasteiger charge is -2.40. The summed E-state index contributed by atoms with van der Waals surface area (Å²) in [4.78, 5) is 28.7. The Balaban J connectivity index is 1.42. The summed E-state index contributed by atoms with van der Waals surface area (Å²) in [6, 6.07) is 9.95. The first-order chi connectivity index (χ1) is 11.2. The van der Waals surface area contributed by atoms with Crippen LogP contribution in [0, 0.1) is 0 Å². The van der Waals surface area contributed by atoms with Crippen molar-refractivity contribution in [3.05, 3.63) is 35.9 Å². The zero-order chi connectivity index (χ0) is 16.1. The smallest absolute Gasteiger partial charge is 0.222 e. The molecule has 1 aromatic rings. The Kier molecular flexibility index (Phi) is 5.44. The first kappa shape index (κ1) is 16.2. The lowest BCUT2D eigenvalue weighted by Crippen LogP contribution is -2.49. The molecule has 0 spiro atoms. The van der Waals surface area contributed by atoms with Gasteiger partial charge in [-0.05, 0) is 25.7 Å². The lowest BCUT2D eigenvalue weighted by atomic mass is 9.99. The maximum atomic E-state index is 12.2. The van der Waals surface area contributed by atoms with E-state index in [9.17, 15) is 9.59 Å². The van der Waals surface area contributed by atoms with Crippen LogP contribution >= 0.6 is 0 Å². The Morgan fingerprint density at radius 1 is 1.04 bits per heavy atom. The second-order valence-electron chi connectivity index (χ2n) is 6.66. The fourth-order valence-corrected chi connectivity index (χ4v) is 3.70. The van der Waals surface area contributed by atoms with Crippen LogP contribution in [0.5, 0.6) is 0 Å². The van der Waals surface area contributed by atoms with Crippen molar-refractivity contribution < 1.29 is 9.59 Å². The van der Waals surface area contributed by atoms with E-state index in [4.69, 9.17) is 0 Å². The minimum absolute atomic E-state index is 0.221. The summed E-state index contributed by atoms with van der Waals surface area (Å²) in [6.45, 7) is 3.76. The lowest BCUT2D eigenvalue weighted by molar-refractivity contribution is -0.136. The molecule has 3 rings (SSSR count). The van der Waals surface area contributed by atoms with Gasteiger partial charge in [-0.2, -0.15) is 0 Å². The van der Waals surface area contributed by atoms with Gasteiger partial charge in [0.05, 0.1) is 0 Å². The quantitative estimate of drug-likeness (QED) is 0.785. The van der Waals surface area contributed by atoms with E-state index < -0.39 is 0 Å². The number of amides is 1. The van der Waals surface area contributed by atoms with Crippen molar-refractivity contribution in [1.29, 1.82) is 0 Å². The Bertz CT molecular complexity index is 536. The van der Waals surface area contributed by atoms with Crippen molar-refractivity contribution in [2.24, 2.45) is 0 Å². The highest BCUT2D eigenvalue weighted by molar-refractivity contribution is 5.96. The summed E-state index contributed by atoms with van der Waals surface area (Å²) in [5.74, 6) is 0.563. The van der Waals surface area contributed by atoms with Crippen molar-refractivity contribution in [3.8, 4) is 0 Å². The first-order valence-corrected chi connectivity index (χ1v) is 8.84. The monoisotopic (exact) mass is 314 g/mol. The van der Waals surface area contributed by atoms with E-state index in [0.717, 1.165) is 63.8 Å². The van der Waals surface area contributed by atoms with Gasteiger partial charge in [0.1, 0.15) is 0 Å². The molecule has 2 saturated heterocycles. The standard InChI is InChI=1S/C19H26N2O2/c22-18(16-6-2-1-3-7-16)11-15-20-13-9-17(10-14-20)21-12-5-4-8-19(21)23/h1-3,6-7,17H,4-5,8-15H2. The summed E-state index contributed by atoms with van der Waals surface area (Å²) in [5, 5.41) is 0. The third kappa shape index (κ3) is 4.20. The molecule has 0 aromatic heterocycles. The van der Waals surface area contributed by atoms with Crippen molar-refractivity contribution in [2.75, 3.05) is 26.2 Å². The Labute approximate surface area is 138 Å². The molecule has 0 atom stereocenters. The molecule has 1 aromatic carbocycles. The summed E-state index contributed by atoms with van der Waals surface area (Å²) < 4.78 is 0. The highest BCUT2D eigenvalue weighted by Crippen LogP contribution is 2.22. The van der Waals surface area contributed by atoms with Crippen LogP contribution < -0.4 is 0 Å². The topological polar surface area (TPSA) is 40.6 Å². The van der Waals surface area contributed by atoms with Gasteiger partial charge < -0.3 is 9.80 Å². The van der Waals surface area contributed by atoms with Crippen molar-refractivity contribution in [2.45, 2.75) is 44.6 Å². The summed E-state index contributed by atoms with van der Waals surface area (Å²) in [6.07, 6.45) is 5.60. The number of piperidine rings is 2. The predicted molar refractivity (Wildman–Crippen MR) is 90.4 cm³/mol. The molecule has 0 aliphatic carbocycles. The van der Waals surface area contributed by atoms with Crippen LogP contribution in [0.3, 0.4) is 0 Å². The molecular formula is C19H26N2O2. The van der Waals surface area contributed by atoms with Gasteiger partial charge in [0.25, 0.3) is 0 Å². The average molecular weight is 314 g/mol. The molecule has 2 aliphatic heterocycles. The van der Waals surface area contributed by atoms with Crippen LogP contribution in [-0.4, -0.2) is 53.7 Å². The van der Waals surface area contributed by atoms with Gasteiger partial charge in [-0.15, -0.1) is 0 Å². The second kappa shape index (κ2) is 7.73. The van der Waals surface area contributed by atoms with Crippen LogP contribution in [0.25, 0.3) is 0 Å². The first-order valence-electron chi connectivity index (χ1n) is 8.84. The predicted octanol–water partition coefficient (Wildman–Crippen LogP) is 2.74. The minimum atomic E-state index is 0.221. The van der Waals surface area contributed by atoms with Crippen LogP contribution in [0.2, 0.25) is 0 Å². The van der Waals surface area contributed by atoms with E-state index >= 15 is 0 Å². The molecule has 0 saturated carbocycles. The van der Waals surface area contributed by atoms with E-state index in [1.807, 2.05) is 30.3 Å². The van der Waals surface area contributed by atoms with Gasteiger partial charge in [0, 0.05) is 50.6 Å². The van der Waals surface area contributed by atoms with E-state index in [2.05, 4.69) is 9.80 Å². The summed E-state index contributed by atoms with van der Waals surface area (Å²) >= 11 is 0. The molecule has 0 N–H and O–H groups in total. The number of carbonyl (C=O) groups excluding carboxylic acids is 2. The highest BCUT2D eigenvalue weighted by Gasteiger charge is 2.29. The van der Waals surface area contributed by atoms with Crippen molar-refractivity contribution >= 4 is 11.7 Å². The Hall–Kier alpha value is -1.68. The molecule has 1 amide bonds. The average Bonchev–Trinajstić information content (AvgIpc) is 2.61. The van der Waals surface area contributed by atoms with E-state index in [-0.39, 0.29) is 5.78 Å². The van der Waals surface area contributed by atoms with Gasteiger partial charge in [0.15, 0.2) is 5.78 Å². The molecule has 2 fully saturated rings. The largest absolute Gasteiger partial charge is 0.340 e. The zero-order valence-electron chi connectivity index (χ0n) is 13.7. The number of Topliss-reactive ketones (excluding diaryl/α,β-unsaturated/α-hetero) is 1. The van der Waals surface area contributed by atoms with Gasteiger partial charge in [-0.3, -0.25) is 9.59 Å². The van der Waals surface area contributed by atoms with Crippen LogP contribution in [0.1, 0.15) is 48.9 Å². The van der Waals surface area contributed by atoms with Crippen LogP contribution in [0.4, 0.5) is 0 Å². The third-order valence-electron chi connectivity index (χ3n) is 5.11. The van der Waals surface area contributed by atoms with Gasteiger partial charge in [0.2, 0.25) is 5.91 Å². The van der Waals surface area contributed by atoms with Crippen LogP contribution in [-0.2, 0) is 4.79 Å². The van der Waals surface area contributed by atoms with Gasteiger partial charge >= 0.3 is 0 Å². The number of rotatable bonds is 5. The van der Waals surface area contributed by atoms with Crippen LogP contribution in [0.15, 0.2) is 30.3 Å². The molecule has 0 radical (unpaired) electrons. The molecule has 2 aliphatic rings. The van der Waals surface area contributed by atoms with Crippen molar-refractivity contribution in [3.63, 3.8) is 0 Å². The maximum absolute atomic E-state index is 12.2. The van der Waals surface area contributed by atoms with Gasteiger partial charge in [-0.1, -0.05) is 30.3 Å². The number of benzene rings is 1. The number of hydrogen-bond donors (Lipinski definition) is 0. The van der Waals surface area contributed by atoms with Crippen molar-refractivity contribution in [1.82, 2.24) is 9.80 Å². The molecular weight excluding hydrogens is 288 g/mol. The molecule has 23 heavy (non-hydrogen) atoms. The number of carbonyl (C=O) groups is 2. The molecule has 4 heteroatoms.